The molecule has 0 amide bonds. The second-order valence-corrected chi connectivity index (χ2v) is 6.91. The number of hydrogen-bond donors (Lipinski definition) is 2. The quantitative estimate of drug-likeness (QED) is 0.726. The first-order valence-electron chi connectivity index (χ1n) is 9.56. The average molecular weight is 364 g/mol. The smallest absolute Gasteiger partial charge is 0.229 e. The van der Waals surface area contributed by atoms with Crippen LogP contribution in [0.1, 0.15) is 6.92 Å². The zero-order valence-corrected chi connectivity index (χ0v) is 15.9. The van der Waals surface area contributed by atoms with Crippen molar-refractivity contribution in [1.29, 1.82) is 0 Å². The Labute approximate surface area is 159 Å². The maximum Gasteiger partial charge on any atom is 0.229 e. The van der Waals surface area contributed by atoms with Crippen LogP contribution in [0.3, 0.4) is 0 Å². The Balaban J connectivity index is 1.64. The van der Waals surface area contributed by atoms with Crippen LogP contribution < -0.4 is 19.9 Å². The summed E-state index contributed by atoms with van der Waals surface area (Å²) in [5.41, 5.74) is 1.91. The largest absolute Gasteiger partial charge is 0.494 e. The van der Waals surface area contributed by atoms with Gasteiger partial charge in [0.05, 0.1) is 45.4 Å². The average Bonchev–Trinajstić information content (AvgIpc) is 2.70. The number of quaternary nitrogens is 1. The molecule has 6 nitrogen and oxygen atoms in total. The molecular weight excluding hydrogens is 338 g/mol. The van der Waals surface area contributed by atoms with Crippen molar-refractivity contribution in [2.24, 2.45) is 0 Å². The van der Waals surface area contributed by atoms with Crippen LogP contribution in [0.4, 0.5) is 17.5 Å². The van der Waals surface area contributed by atoms with E-state index in [1.54, 1.807) is 4.90 Å². The van der Waals surface area contributed by atoms with E-state index in [9.17, 15) is 0 Å². The molecule has 2 aromatic carbocycles. The zero-order chi connectivity index (χ0) is 18.6. The molecule has 1 fully saturated rings. The molecule has 27 heavy (non-hydrogen) atoms. The molecule has 1 aliphatic rings. The molecule has 2 N–H and O–H groups in total. The molecule has 2 heterocycles. The van der Waals surface area contributed by atoms with Crippen molar-refractivity contribution in [2.45, 2.75) is 6.92 Å². The molecule has 0 bridgehead atoms. The number of aromatic nitrogens is 2. The molecule has 0 atom stereocenters. The highest BCUT2D eigenvalue weighted by Gasteiger charge is 2.21. The predicted molar refractivity (Wildman–Crippen MR) is 109 cm³/mol. The summed E-state index contributed by atoms with van der Waals surface area (Å²) in [5, 5.41) is 4.45. The van der Waals surface area contributed by atoms with Crippen LogP contribution in [-0.4, -0.2) is 49.8 Å². The summed E-state index contributed by atoms with van der Waals surface area (Å²) in [6.45, 7) is 6.91. The monoisotopic (exact) mass is 364 g/mol. The van der Waals surface area contributed by atoms with Crippen LogP contribution in [0.15, 0.2) is 48.5 Å². The second-order valence-electron chi connectivity index (χ2n) is 6.91. The summed E-state index contributed by atoms with van der Waals surface area (Å²) in [5.74, 6) is 2.50. The molecule has 0 spiro atoms. The van der Waals surface area contributed by atoms with Gasteiger partial charge in [-0.25, -0.2) is 4.98 Å². The normalized spacial score (nSPS) is 15.1. The summed E-state index contributed by atoms with van der Waals surface area (Å²) in [6, 6.07) is 16.1. The maximum atomic E-state index is 5.51. The van der Waals surface area contributed by atoms with Gasteiger partial charge < -0.3 is 19.9 Å². The van der Waals surface area contributed by atoms with Crippen LogP contribution in [0.25, 0.3) is 10.9 Å². The van der Waals surface area contributed by atoms with Crippen LogP contribution in [0.2, 0.25) is 0 Å². The Morgan fingerprint density at radius 3 is 2.52 bits per heavy atom. The third-order valence-corrected chi connectivity index (χ3v) is 4.92. The Hall–Kier alpha value is -2.86. The number of rotatable bonds is 5. The minimum atomic E-state index is 0.624. The van der Waals surface area contributed by atoms with Crippen LogP contribution in [0, 0.1) is 0 Å². The Morgan fingerprint density at radius 2 is 1.78 bits per heavy atom. The van der Waals surface area contributed by atoms with Gasteiger partial charge in [-0.1, -0.05) is 12.1 Å². The number of piperazine rings is 1. The number of fused-ring (bicyclic) bond motifs is 1. The summed E-state index contributed by atoms with van der Waals surface area (Å²) in [4.78, 5) is 13.5. The lowest BCUT2D eigenvalue weighted by Gasteiger charge is -2.31. The van der Waals surface area contributed by atoms with E-state index in [4.69, 9.17) is 14.7 Å². The minimum Gasteiger partial charge on any atom is -0.494 e. The highest BCUT2D eigenvalue weighted by Crippen LogP contribution is 2.27. The Morgan fingerprint density at radius 1 is 1.04 bits per heavy atom. The molecule has 1 aliphatic heterocycles. The molecule has 0 saturated carbocycles. The first-order chi connectivity index (χ1) is 13.2. The molecule has 0 radical (unpaired) electrons. The van der Waals surface area contributed by atoms with E-state index < -0.39 is 0 Å². The third-order valence-electron chi connectivity index (χ3n) is 4.92. The highest BCUT2D eigenvalue weighted by atomic mass is 16.5. The van der Waals surface area contributed by atoms with Crippen molar-refractivity contribution in [3.8, 4) is 5.75 Å². The van der Waals surface area contributed by atoms with Gasteiger partial charge in [0, 0.05) is 11.1 Å². The van der Waals surface area contributed by atoms with Gasteiger partial charge in [-0.3, -0.25) is 0 Å². The first-order valence-corrected chi connectivity index (χ1v) is 9.56. The van der Waals surface area contributed by atoms with Crippen molar-refractivity contribution < 1.29 is 9.64 Å². The summed E-state index contributed by atoms with van der Waals surface area (Å²) < 4.78 is 5.51. The van der Waals surface area contributed by atoms with Gasteiger partial charge in [-0.05, 0) is 43.3 Å². The number of nitrogens with zero attached hydrogens (tertiary/aromatic N) is 3. The lowest BCUT2D eigenvalue weighted by atomic mass is 10.2. The zero-order valence-electron chi connectivity index (χ0n) is 15.9. The molecule has 3 aromatic rings. The van der Waals surface area contributed by atoms with E-state index in [2.05, 4.69) is 29.4 Å². The highest BCUT2D eigenvalue weighted by molar-refractivity contribution is 5.90. The molecule has 6 heteroatoms. The molecule has 1 saturated heterocycles. The summed E-state index contributed by atoms with van der Waals surface area (Å²) in [7, 11) is 2.24. The third kappa shape index (κ3) is 3.95. The van der Waals surface area contributed by atoms with Crippen molar-refractivity contribution in [1.82, 2.24) is 9.97 Å². The molecular formula is C21H26N5O+. The van der Waals surface area contributed by atoms with Gasteiger partial charge in [0.1, 0.15) is 11.6 Å². The molecule has 0 unspecified atom stereocenters. The van der Waals surface area contributed by atoms with E-state index in [1.165, 1.54) is 0 Å². The number of likely N-dealkylation sites (N-methyl/N-ethyl adjacent to an activating group) is 1. The van der Waals surface area contributed by atoms with Gasteiger partial charge >= 0.3 is 0 Å². The lowest BCUT2D eigenvalue weighted by molar-refractivity contribution is -0.880. The van der Waals surface area contributed by atoms with E-state index in [0.29, 0.717) is 12.6 Å². The van der Waals surface area contributed by atoms with Crippen molar-refractivity contribution >= 4 is 28.4 Å². The number of nitrogens with one attached hydrogen (secondary N) is 2. The van der Waals surface area contributed by atoms with Crippen molar-refractivity contribution in [3.05, 3.63) is 48.5 Å². The van der Waals surface area contributed by atoms with Gasteiger partial charge in [0.2, 0.25) is 5.95 Å². The fourth-order valence-corrected chi connectivity index (χ4v) is 3.39. The van der Waals surface area contributed by atoms with Crippen LogP contribution in [0.5, 0.6) is 5.75 Å². The van der Waals surface area contributed by atoms with Gasteiger partial charge in [-0.2, -0.15) is 4.98 Å². The predicted octanol–water partition coefficient (Wildman–Crippen LogP) is 2.11. The van der Waals surface area contributed by atoms with E-state index in [0.717, 1.165) is 54.3 Å². The standard InChI is InChI=1S/C21H25N5O/c1-3-27-17-10-8-16(9-11-17)22-21-23-19-7-5-4-6-18(19)20(24-21)26-14-12-25(2)13-15-26/h4-11H,3,12-15H2,1-2H3,(H,22,23,24)/p+1. The molecule has 1 aromatic heterocycles. The number of hydrogen-bond acceptors (Lipinski definition) is 5. The minimum absolute atomic E-state index is 0.624. The topological polar surface area (TPSA) is 54.7 Å². The van der Waals surface area contributed by atoms with E-state index in [1.807, 2.05) is 43.3 Å². The number of benzene rings is 2. The summed E-state index contributed by atoms with van der Waals surface area (Å²) >= 11 is 0. The number of anilines is 3. The van der Waals surface area contributed by atoms with Gasteiger partial charge in [-0.15, -0.1) is 0 Å². The maximum absolute atomic E-state index is 5.51. The van der Waals surface area contributed by atoms with Crippen LogP contribution in [-0.2, 0) is 0 Å². The molecule has 0 aliphatic carbocycles. The molecule has 140 valence electrons. The number of para-hydroxylation sites is 1. The summed E-state index contributed by atoms with van der Waals surface area (Å²) in [6.07, 6.45) is 0. The fraction of sp³-hybridized carbons (Fsp3) is 0.333. The fourth-order valence-electron chi connectivity index (χ4n) is 3.39. The second kappa shape index (κ2) is 7.80. The van der Waals surface area contributed by atoms with Crippen molar-refractivity contribution in [2.75, 3.05) is 50.1 Å². The van der Waals surface area contributed by atoms with Crippen LogP contribution >= 0.6 is 0 Å². The Kier molecular flexibility index (Phi) is 5.07. The lowest BCUT2D eigenvalue weighted by Crippen LogP contribution is -3.12. The van der Waals surface area contributed by atoms with Gasteiger partial charge in [0.15, 0.2) is 0 Å². The number of ether oxygens (including phenoxy) is 1. The molecule has 4 rings (SSSR count). The van der Waals surface area contributed by atoms with Crippen molar-refractivity contribution in [3.63, 3.8) is 0 Å². The van der Waals surface area contributed by atoms with E-state index in [-0.39, 0.29) is 0 Å². The van der Waals surface area contributed by atoms with E-state index >= 15 is 0 Å². The SMILES string of the molecule is CCOc1ccc(Nc2nc(N3CC[NH+](C)CC3)c3ccccc3n2)cc1. The Bertz CT molecular complexity index is 904. The first kappa shape index (κ1) is 17.5. The van der Waals surface area contributed by atoms with Gasteiger partial charge in [0.25, 0.3) is 0 Å².